The smallest absolute Gasteiger partial charge is 0.191 e. The molecule has 1 aliphatic heterocycles. The van der Waals surface area contributed by atoms with Gasteiger partial charge in [0.15, 0.2) is 17.5 Å². The molecule has 1 heterocycles. The minimum Gasteiger partial charge on any atom is -0.486 e. The second-order valence-electron chi connectivity index (χ2n) is 6.01. The summed E-state index contributed by atoms with van der Waals surface area (Å²) in [6.45, 7) is 1.75. The third-order valence-electron chi connectivity index (χ3n) is 4.29. The molecule has 0 amide bonds. The van der Waals surface area contributed by atoms with Crippen LogP contribution in [-0.2, 0) is 6.54 Å². The maximum absolute atomic E-state index is 6.27. The highest BCUT2D eigenvalue weighted by Crippen LogP contribution is 2.38. The van der Waals surface area contributed by atoms with Crippen molar-refractivity contribution in [2.45, 2.75) is 44.7 Å². The summed E-state index contributed by atoms with van der Waals surface area (Å²) in [5, 5.41) is 7.45. The highest BCUT2D eigenvalue weighted by molar-refractivity contribution is 14.0. The number of guanidine groups is 1. The van der Waals surface area contributed by atoms with Crippen molar-refractivity contribution in [3.05, 3.63) is 22.7 Å². The minimum absolute atomic E-state index is 0. The normalized spacial score (nSPS) is 17.8. The summed E-state index contributed by atoms with van der Waals surface area (Å²) in [6.07, 6.45) is 6.38. The van der Waals surface area contributed by atoms with Crippen LogP contribution in [0.3, 0.4) is 0 Å². The fourth-order valence-corrected chi connectivity index (χ4v) is 3.37. The van der Waals surface area contributed by atoms with Crippen molar-refractivity contribution in [1.82, 2.24) is 10.6 Å². The van der Waals surface area contributed by atoms with Gasteiger partial charge in [0.05, 0.1) is 5.02 Å². The second kappa shape index (κ2) is 9.56. The lowest BCUT2D eigenvalue weighted by Crippen LogP contribution is -2.43. The molecule has 1 aliphatic carbocycles. The lowest BCUT2D eigenvalue weighted by atomic mass is 9.96. The van der Waals surface area contributed by atoms with E-state index in [1.165, 1.54) is 32.1 Å². The Kier molecular flexibility index (Phi) is 7.74. The third kappa shape index (κ3) is 5.05. The van der Waals surface area contributed by atoms with Crippen molar-refractivity contribution >= 4 is 41.5 Å². The predicted molar refractivity (Wildman–Crippen MR) is 108 cm³/mol. The van der Waals surface area contributed by atoms with Crippen LogP contribution in [0.4, 0.5) is 0 Å². The van der Waals surface area contributed by atoms with Gasteiger partial charge in [-0.15, -0.1) is 24.0 Å². The fourth-order valence-electron chi connectivity index (χ4n) is 3.09. The SMILES string of the molecule is CN=C(NCc1cc(Cl)c2c(c1)OCCO2)NC1CCCCC1.I. The number of benzene rings is 1. The van der Waals surface area contributed by atoms with Crippen LogP contribution in [-0.4, -0.2) is 32.3 Å². The van der Waals surface area contributed by atoms with Crippen LogP contribution in [0.5, 0.6) is 11.5 Å². The summed E-state index contributed by atoms with van der Waals surface area (Å²) in [5.74, 6) is 2.20. The van der Waals surface area contributed by atoms with Gasteiger partial charge in [-0.05, 0) is 30.5 Å². The van der Waals surface area contributed by atoms with Crippen molar-refractivity contribution in [3.8, 4) is 11.5 Å². The lowest BCUT2D eigenvalue weighted by molar-refractivity contribution is 0.171. The van der Waals surface area contributed by atoms with E-state index in [1.54, 1.807) is 7.05 Å². The molecule has 0 spiro atoms. The molecule has 0 radical (unpaired) electrons. The molecule has 24 heavy (non-hydrogen) atoms. The Hall–Kier alpha value is -0.890. The Bertz CT molecular complexity index is 577. The van der Waals surface area contributed by atoms with Gasteiger partial charge in [0.1, 0.15) is 13.2 Å². The van der Waals surface area contributed by atoms with Crippen molar-refractivity contribution in [2.24, 2.45) is 4.99 Å². The Morgan fingerprint density at radius 1 is 1.21 bits per heavy atom. The molecule has 0 aromatic heterocycles. The predicted octanol–water partition coefficient (Wildman–Crippen LogP) is 3.73. The summed E-state index contributed by atoms with van der Waals surface area (Å²) >= 11 is 6.27. The number of ether oxygens (including phenoxy) is 2. The van der Waals surface area contributed by atoms with Gasteiger partial charge in [-0.3, -0.25) is 4.99 Å². The molecule has 0 unspecified atom stereocenters. The molecular formula is C17H25ClIN3O2. The summed E-state index contributed by atoms with van der Waals surface area (Å²) in [6, 6.07) is 4.41. The second-order valence-corrected chi connectivity index (χ2v) is 6.41. The molecule has 2 aliphatic rings. The minimum atomic E-state index is 0. The van der Waals surface area contributed by atoms with Crippen LogP contribution in [0.25, 0.3) is 0 Å². The summed E-state index contributed by atoms with van der Waals surface area (Å²) in [7, 11) is 1.80. The molecular weight excluding hydrogens is 441 g/mol. The standard InChI is InChI=1S/C17H24ClN3O2.HI/c1-19-17(21-13-5-3-2-4-6-13)20-11-12-9-14(18)16-15(10-12)22-7-8-23-16;/h9-10,13H,2-8,11H2,1H3,(H2,19,20,21);1H. The first kappa shape index (κ1) is 19.4. The summed E-state index contributed by atoms with van der Waals surface area (Å²) < 4.78 is 11.2. The van der Waals surface area contributed by atoms with Gasteiger partial charge in [-0.2, -0.15) is 0 Å². The van der Waals surface area contributed by atoms with E-state index in [9.17, 15) is 0 Å². The molecule has 0 bridgehead atoms. The molecule has 1 saturated carbocycles. The number of fused-ring (bicyclic) bond motifs is 1. The van der Waals surface area contributed by atoms with Gasteiger partial charge >= 0.3 is 0 Å². The average Bonchev–Trinajstić information content (AvgIpc) is 2.59. The molecule has 7 heteroatoms. The summed E-state index contributed by atoms with van der Waals surface area (Å²) in [5.41, 5.74) is 1.05. The first-order valence-corrected chi connectivity index (χ1v) is 8.69. The van der Waals surface area contributed by atoms with E-state index in [4.69, 9.17) is 21.1 Å². The third-order valence-corrected chi connectivity index (χ3v) is 4.57. The number of halogens is 2. The number of nitrogens with zero attached hydrogens (tertiary/aromatic N) is 1. The highest BCUT2D eigenvalue weighted by atomic mass is 127. The Balaban J connectivity index is 0.00000208. The number of rotatable bonds is 3. The number of hydrogen-bond acceptors (Lipinski definition) is 3. The zero-order valence-corrected chi connectivity index (χ0v) is 17.0. The van der Waals surface area contributed by atoms with Crippen LogP contribution in [0.1, 0.15) is 37.7 Å². The van der Waals surface area contributed by atoms with Crippen LogP contribution < -0.4 is 20.1 Å². The molecule has 1 aromatic rings. The Morgan fingerprint density at radius 3 is 2.71 bits per heavy atom. The van der Waals surface area contributed by atoms with E-state index in [0.29, 0.717) is 36.6 Å². The molecule has 1 fully saturated rings. The molecule has 3 rings (SSSR count). The average molecular weight is 466 g/mol. The topological polar surface area (TPSA) is 54.9 Å². The zero-order valence-electron chi connectivity index (χ0n) is 13.9. The van der Waals surface area contributed by atoms with E-state index in [2.05, 4.69) is 15.6 Å². The number of aliphatic imine (C=N–C) groups is 1. The van der Waals surface area contributed by atoms with Crippen LogP contribution in [0.2, 0.25) is 5.02 Å². The monoisotopic (exact) mass is 465 g/mol. The molecule has 0 saturated heterocycles. The van der Waals surface area contributed by atoms with Crippen molar-refractivity contribution in [2.75, 3.05) is 20.3 Å². The number of nitrogens with one attached hydrogen (secondary N) is 2. The molecule has 0 atom stereocenters. The van der Waals surface area contributed by atoms with Crippen LogP contribution in [0, 0.1) is 0 Å². The Labute approximate surface area is 165 Å². The van der Waals surface area contributed by atoms with E-state index in [1.807, 2.05) is 12.1 Å². The quantitative estimate of drug-likeness (QED) is 0.406. The lowest BCUT2D eigenvalue weighted by Gasteiger charge is -2.25. The van der Waals surface area contributed by atoms with E-state index in [0.717, 1.165) is 17.3 Å². The summed E-state index contributed by atoms with van der Waals surface area (Å²) in [4.78, 5) is 4.31. The highest BCUT2D eigenvalue weighted by Gasteiger charge is 2.17. The van der Waals surface area contributed by atoms with E-state index in [-0.39, 0.29) is 24.0 Å². The van der Waals surface area contributed by atoms with Crippen LogP contribution in [0.15, 0.2) is 17.1 Å². The van der Waals surface area contributed by atoms with Gasteiger partial charge in [-0.1, -0.05) is 30.9 Å². The van der Waals surface area contributed by atoms with Crippen molar-refractivity contribution < 1.29 is 9.47 Å². The first-order valence-electron chi connectivity index (χ1n) is 8.31. The van der Waals surface area contributed by atoms with Gasteiger partial charge in [-0.25, -0.2) is 0 Å². The molecule has 1 aromatic carbocycles. The van der Waals surface area contributed by atoms with Crippen LogP contribution >= 0.6 is 35.6 Å². The van der Waals surface area contributed by atoms with Gasteiger partial charge < -0.3 is 20.1 Å². The number of hydrogen-bond donors (Lipinski definition) is 2. The maximum Gasteiger partial charge on any atom is 0.191 e. The van der Waals surface area contributed by atoms with Crippen molar-refractivity contribution in [3.63, 3.8) is 0 Å². The van der Waals surface area contributed by atoms with Gasteiger partial charge in [0.2, 0.25) is 0 Å². The fraction of sp³-hybridized carbons (Fsp3) is 0.588. The van der Waals surface area contributed by atoms with Crippen molar-refractivity contribution in [1.29, 1.82) is 0 Å². The van der Waals surface area contributed by atoms with E-state index >= 15 is 0 Å². The largest absolute Gasteiger partial charge is 0.486 e. The van der Waals surface area contributed by atoms with E-state index < -0.39 is 0 Å². The van der Waals surface area contributed by atoms with Gasteiger partial charge in [0.25, 0.3) is 0 Å². The maximum atomic E-state index is 6.27. The Morgan fingerprint density at radius 2 is 1.96 bits per heavy atom. The molecule has 5 nitrogen and oxygen atoms in total. The first-order chi connectivity index (χ1) is 11.3. The molecule has 134 valence electrons. The molecule has 2 N–H and O–H groups in total. The van der Waals surface area contributed by atoms with Gasteiger partial charge in [0, 0.05) is 19.6 Å². The zero-order chi connectivity index (χ0) is 16.1.